The first-order chi connectivity index (χ1) is 9.31. The lowest BCUT2D eigenvalue weighted by atomic mass is 10.0. The minimum Gasteiger partial charge on any atom is -0.323 e. The van der Waals surface area contributed by atoms with Crippen molar-refractivity contribution in [2.75, 3.05) is 6.54 Å². The molecule has 1 fully saturated rings. The number of amides is 1. The molecule has 1 saturated heterocycles. The number of nitrogens with zero attached hydrogens (tertiary/aromatic N) is 2. The number of carbonyl (C=O) groups is 1. The van der Waals surface area contributed by atoms with Crippen molar-refractivity contribution in [3.63, 3.8) is 0 Å². The van der Waals surface area contributed by atoms with Crippen LogP contribution in [0.1, 0.15) is 23.2 Å². The molecule has 3 rings (SSSR count). The number of likely N-dealkylation sites (tertiary alicyclic amines) is 1. The molecule has 2 aromatic rings. The molecule has 1 heterocycles. The van der Waals surface area contributed by atoms with Crippen LogP contribution in [-0.4, -0.2) is 23.4 Å². The van der Waals surface area contributed by atoms with Gasteiger partial charge in [0.2, 0.25) is 0 Å². The molecule has 19 heavy (non-hydrogen) atoms. The van der Waals surface area contributed by atoms with E-state index < -0.39 is 0 Å². The van der Waals surface area contributed by atoms with E-state index in [1.165, 1.54) is 0 Å². The molecule has 1 atom stereocenters. The van der Waals surface area contributed by atoms with Crippen LogP contribution in [-0.2, 0) is 0 Å². The summed E-state index contributed by atoms with van der Waals surface area (Å²) >= 11 is 0. The van der Waals surface area contributed by atoms with Gasteiger partial charge in [-0.25, -0.2) is 0 Å². The summed E-state index contributed by atoms with van der Waals surface area (Å²) in [5, 5.41) is 11.1. The van der Waals surface area contributed by atoms with E-state index in [0.29, 0.717) is 12.1 Å². The van der Waals surface area contributed by atoms with Crippen LogP contribution in [0.25, 0.3) is 10.8 Å². The fraction of sp³-hybridized carbons (Fsp3) is 0.250. The molecule has 0 aliphatic carbocycles. The third-order valence-electron chi connectivity index (χ3n) is 3.68. The second-order valence-corrected chi connectivity index (χ2v) is 4.81. The van der Waals surface area contributed by atoms with Crippen molar-refractivity contribution in [1.29, 1.82) is 5.26 Å². The molecular weight excluding hydrogens is 236 g/mol. The first-order valence-electron chi connectivity index (χ1n) is 6.49. The molecule has 0 aromatic heterocycles. The van der Waals surface area contributed by atoms with E-state index in [1.54, 1.807) is 4.90 Å². The lowest BCUT2D eigenvalue weighted by Crippen LogP contribution is -2.34. The molecule has 3 heteroatoms. The van der Waals surface area contributed by atoms with Crippen molar-refractivity contribution in [2.45, 2.75) is 18.9 Å². The summed E-state index contributed by atoms with van der Waals surface area (Å²) in [5.41, 5.74) is 0.695. The quantitative estimate of drug-likeness (QED) is 0.781. The summed E-state index contributed by atoms with van der Waals surface area (Å²) < 4.78 is 0. The number of rotatable bonds is 1. The largest absolute Gasteiger partial charge is 0.323 e. The van der Waals surface area contributed by atoms with Gasteiger partial charge >= 0.3 is 0 Å². The van der Waals surface area contributed by atoms with Crippen molar-refractivity contribution in [3.05, 3.63) is 48.0 Å². The van der Waals surface area contributed by atoms with Gasteiger partial charge in [-0.05, 0) is 29.7 Å². The van der Waals surface area contributed by atoms with Crippen LogP contribution in [0.5, 0.6) is 0 Å². The number of nitriles is 1. The maximum absolute atomic E-state index is 12.6. The second kappa shape index (κ2) is 4.74. The highest BCUT2D eigenvalue weighted by molar-refractivity contribution is 6.07. The van der Waals surface area contributed by atoms with Crippen LogP contribution in [0.4, 0.5) is 0 Å². The van der Waals surface area contributed by atoms with Crippen molar-refractivity contribution in [2.24, 2.45) is 0 Å². The van der Waals surface area contributed by atoms with Crippen molar-refractivity contribution in [3.8, 4) is 6.07 Å². The molecule has 0 N–H and O–H groups in total. The van der Waals surface area contributed by atoms with Gasteiger partial charge < -0.3 is 4.90 Å². The Labute approximate surface area is 112 Å². The van der Waals surface area contributed by atoms with Gasteiger partial charge in [0.25, 0.3) is 5.91 Å². The molecule has 0 radical (unpaired) electrons. The van der Waals surface area contributed by atoms with E-state index in [1.807, 2.05) is 42.5 Å². The Balaban J connectivity index is 2.05. The normalized spacial score (nSPS) is 18.5. The van der Waals surface area contributed by atoms with Crippen LogP contribution in [0, 0.1) is 11.3 Å². The molecule has 0 bridgehead atoms. The van der Waals surface area contributed by atoms with Crippen LogP contribution in [0.2, 0.25) is 0 Å². The minimum atomic E-state index is -0.272. The molecule has 0 spiro atoms. The smallest absolute Gasteiger partial charge is 0.255 e. The van der Waals surface area contributed by atoms with E-state index >= 15 is 0 Å². The van der Waals surface area contributed by atoms with Gasteiger partial charge in [-0.3, -0.25) is 4.79 Å². The number of fused-ring (bicyclic) bond motifs is 1. The van der Waals surface area contributed by atoms with E-state index in [2.05, 4.69) is 6.07 Å². The Morgan fingerprint density at radius 1 is 1.21 bits per heavy atom. The van der Waals surface area contributed by atoms with Gasteiger partial charge in [0.1, 0.15) is 6.04 Å². The average Bonchev–Trinajstić information content (AvgIpc) is 2.94. The van der Waals surface area contributed by atoms with Gasteiger partial charge in [0, 0.05) is 12.1 Å². The lowest BCUT2D eigenvalue weighted by molar-refractivity contribution is 0.0767. The standard InChI is InChI=1S/C16H14N2O/c17-11-13-7-4-10-18(13)16(19)15-9-3-6-12-5-1-2-8-14(12)15/h1-3,5-6,8-9,13H,4,7,10H2. The van der Waals surface area contributed by atoms with E-state index in [0.717, 1.165) is 23.6 Å². The zero-order chi connectivity index (χ0) is 13.2. The highest BCUT2D eigenvalue weighted by Crippen LogP contribution is 2.24. The van der Waals surface area contributed by atoms with Gasteiger partial charge in [-0.15, -0.1) is 0 Å². The Bertz CT molecular complexity index is 666. The van der Waals surface area contributed by atoms with Gasteiger partial charge in [0.15, 0.2) is 0 Å². The summed E-state index contributed by atoms with van der Waals surface area (Å²) in [4.78, 5) is 14.3. The summed E-state index contributed by atoms with van der Waals surface area (Å²) in [7, 11) is 0. The van der Waals surface area contributed by atoms with Gasteiger partial charge in [0.05, 0.1) is 6.07 Å². The highest BCUT2D eigenvalue weighted by atomic mass is 16.2. The molecular formula is C16H14N2O. The third-order valence-corrected chi connectivity index (χ3v) is 3.68. The molecule has 1 amide bonds. The van der Waals surface area contributed by atoms with Gasteiger partial charge in [-0.1, -0.05) is 36.4 Å². The van der Waals surface area contributed by atoms with E-state index in [-0.39, 0.29) is 11.9 Å². The number of carbonyl (C=O) groups excluding carboxylic acids is 1. The molecule has 1 unspecified atom stereocenters. The first-order valence-corrected chi connectivity index (χ1v) is 6.49. The summed E-state index contributed by atoms with van der Waals surface area (Å²) in [6, 6.07) is 15.5. The topological polar surface area (TPSA) is 44.1 Å². The Morgan fingerprint density at radius 3 is 2.84 bits per heavy atom. The fourth-order valence-electron chi connectivity index (χ4n) is 2.71. The summed E-state index contributed by atoms with van der Waals surface area (Å²) in [6.07, 6.45) is 1.70. The zero-order valence-electron chi connectivity index (χ0n) is 10.5. The molecule has 1 aliphatic rings. The molecule has 94 valence electrons. The van der Waals surface area contributed by atoms with Gasteiger partial charge in [-0.2, -0.15) is 5.26 Å². The fourth-order valence-corrected chi connectivity index (χ4v) is 2.71. The molecule has 0 saturated carbocycles. The highest BCUT2D eigenvalue weighted by Gasteiger charge is 2.29. The number of benzene rings is 2. The minimum absolute atomic E-state index is 0.0270. The summed E-state index contributed by atoms with van der Waals surface area (Å²) in [6.45, 7) is 0.681. The average molecular weight is 250 g/mol. The maximum Gasteiger partial charge on any atom is 0.255 e. The predicted octanol–water partition coefficient (Wildman–Crippen LogP) is 2.97. The third kappa shape index (κ3) is 1.96. The van der Waals surface area contributed by atoms with Crippen LogP contribution in [0.3, 0.4) is 0 Å². The van der Waals surface area contributed by atoms with E-state index in [4.69, 9.17) is 5.26 Å². The zero-order valence-corrected chi connectivity index (χ0v) is 10.5. The number of hydrogen-bond donors (Lipinski definition) is 0. The first kappa shape index (κ1) is 11.7. The molecule has 1 aliphatic heterocycles. The second-order valence-electron chi connectivity index (χ2n) is 4.81. The maximum atomic E-state index is 12.6. The van der Waals surface area contributed by atoms with Crippen molar-refractivity contribution < 1.29 is 4.79 Å². The Morgan fingerprint density at radius 2 is 2.00 bits per heavy atom. The van der Waals surface area contributed by atoms with Crippen molar-refractivity contribution >= 4 is 16.7 Å². The number of hydrogen-bond acceptors (Lipinski definition) is 2. The van der Waals surface area contributed by atoms with E-state index in [9.17, 15) is 4.79 Å². The monoisotopic (exact) mass is 250 g/mol. The summed E-state index contributed by atoms with van der Waals surface area (Å²) in [5.74, 6) is -0.0270. The van der Waals surface area contributed by atoms with Crippen molar-refractivity contribution in [1.82, 2.24) is 4.90 Å². The SMILES string of the molecule is N#CC1CCCN1C(=O)c1cccc2ccccc12. The van der Waals surface area contributed by atoms with Crippen LogP contribution < -0.4 is 0 Å². The predicted molar refractivity (Wildman–Crippen MR) is 73.6 cm³/mol. The lowest BCUT2D eigenvalue weighted by Gasteiger charge is -2.20. The van der Waals surface area contributed by atoms with Crippen LogP contribution in [0.15, 0.2) is 42.5 Å². The Hall–Kier alpha value is -2.34. The molecule has 3 nitrogen and oxygen atoms in total. The Kier molecular flexibility index (Phi) is 2.92. The van der Waals surface area contributed by atoms with Crippen LogP contribution >= 0.6 is 0 Å². The molecule has 2 aromatic carbocycles.